The van der Waals surface area contributed by atoms with E-state index >= 15 is 0 Å². The lowest BCUT2D eigenvalue weighted by molar-refractivity contribution is -0.669. The quantitative estimate of drug-likeness (QED) is 0.631. The Balaban J connectivity index is 2.82. The number of Topliss-reactive ketones (excluding diaryl/α,β-unsaturated/α-hetero) is 1. The Morgan fingerprint density at radius 2 is 2.29 bits per heavy atom. The fourth-order valence-electron chi connectivity index (χ4n) is 1.04. The molecule has 14 heavy (non-hydrogen) atoms. The van der Waals surface area contributed by atoms with E-state index in [9.17, 15) is 4.79 Å². The second-order valence-electron chi connectivity index (χ2n) is 3.02. The number of carbonyl (C=O) groups is 1. The standard InChI is InChI=1S/C9H10Cl2N2O/c1-6-2-3-13(8(12)4-6)5-7(14)9(10)11/h2-4,9,12H,5H2,1H3/p+1. The van der Waals surface area contributed by atoms with Crippen LogP contribution in [0.3, 0.4) is 0 Å². The molecular weight excluding hydrogens is 223 g/mol. The second kappa shape index (κ2) is 4.62. The molecule has 0 saturated heterocycles. The zero-order valence-electron chi connectivity index (χ0n) is 7.71. The summed E-state index contributed by atoms with van der Waals surface area (Å²) in [6, 6.07) is 3.64. The predicted octanol–water partition coefficient (Wildman–Crippen LogP) is 1.24. The number of pyridine rings is 1. The third-order valence-electron chi connectivity index (χ3n) is 1.79. The van der Waals surface area contributed by atoms with Crippen molar-refractivity contribution < 1.29 is 9.36 Å². The normalized spacial score (nSPS) is 10.6. The van der Waals surface area contributed by atoms with Crippen molar-refractivity contribution in [2.24, 2.45) is 0 Å². The van der Waals surface area contributed by atoms with Gasteiger partial charge in [-0.1, -0.05) is 23.2 Å². The molecule has 3 nitrogen and oxygen atoms in total. The molecule has 2 N–H and O–H groups in total. The van der Waals surface area contributed by atoms with Crippen molar-refractivity contribution in [2.45, 2.75) is 18.3 Å². The molecule has 5 heteroatoms. The number of nitrogens with two attached hydrogens (primary N) is 1. The maximum Gasteiger partial charge on any atom is 0.272 e. The summed E-state index contributed by atoms with van der Waals surface area (Å²) in [6.07, 6.45) is 1.73. The highest BCUT2D eigenvalue weighted by molar-refractivity contribution is 6.53. The average molecular weight is 234 g/mol. The first-order chi connectivity index (χ1) is 6.50. The Bertz CT molecular complexity index is 353. The monoisotopic (exact) mass is 233 g/mol. The molecule has 1 heterocycles. The fourth-order valence-corrected chi connectivity index (χ4v) is 1.18. The van der Waals surface area contributed by atoms with Crippen LogP contribution in [0.25, 0.3) is 0 Å². The number of carbonyl (C=O) groups excluding carboxylic acids is 1. The minimum Gasteiger partial charge on any atom is -0.292 e. The molecule has 0 atom stereocenters. The van der Waals surface area contributed by atoms with E-state index < -0.39 is 4.84 Å². The highest BCUT2D eigenvalue weighted by Crippen LogP contribution is 2.04. The first-order valence-corrected chi connectivity index (χ1v) is 4.94. The molecule has 1 rings (SSSR count). The summed E-state index contributed by atoms with van der Waals surface area (Å²) >= 11 is 10.8. The van der Waals surface area contributed by atoms with Crippen LogP contribution in [0.5, 0.6) is 0 Å². The topological polar surface area (TPSA) is 47.0 Å². The van der Waals surface area contributed by atoms with Crippen molar-refractivity contribution in [1.82, 2.24) is 0 Å². The number of nitrogen functional groups attached to an aromatic ring is 1. The van der Waals surface area contributed by atoms with Gasteiger partial charge in [0.05, 0.1) is 6.20 Å². The summed E-state index contributed by atoms with van der Waals surface area (Å²) in [5.41, 5.74) is 6.74. The van der Waals surface area contributed by atoms with Gasteiger partial charge in [0.25, 0.3) is 5.82 Å². The molecule has 0 bridgehead atoms. The van der Waals surface area contributed by atoms with Crippen molar-refractivity contribution in [1.29, 1.82) is 0 Å². The van der Waals surface area contributed by atoms with Crippen molar-refractivity contribution in [3.05, 3.63) is 23.9 Å². The van der Waals surface area contributed by atoms with E-state index in [4.69, 9.17) is 28.9 Å². The molecule has 0 aliphatic rings. The molecule has 0 aliphatic carbocycles. The van der Waals surface area contributed by atoms with E-state index in [2.05, 4.69) is 0 Å². The zero-order chi connectivity index (χ0) is 10.7. The van der Waals surface area contributed by atoms with Gasteiger partial charge in [0.2, 0.25) is 5.78 Å². The summed E-state index contributed by atoms with van der Waals surface area (Å²) in [5.74, 6) is 0.251. The Hall–Kier alpha value is -0.800. The molecule has 0 radical (unpaired) electrons. The second-order valence-corrected chi connectivity index (χ2v) is 4.12. The number of anilines is 1. The van der Waals surface area contributed by atoms with Crippen LogP contribution in [0.2, 0.25) is 0 Å². The van der Waals surface area contributed by atoms with Gasteiger partial charge in [0.15, 0.2) is 11.4 Å². The van der Waals surface area contributed by atoms with Crippen molar-refractivity contribution in [3.8, 4) is 0 Å². The SMILES string of the molecule is Cc1cc[n+](CC(=O)C(Cl)Cl)c(N)c1. The number of hydrogen-bond acceptors (Lipinski definition) is 2. The molecule has 0 fully saturated rings. The Morgan fingerprint density at radius 1 is 1.64 bits per heavy atom. The van der Waals surface area contributed by atoms with Gasteiger partial charge in [0.1, 0.15) is 0 Å². The molecule has 76 valence electrons. The first-order valence-electron chi connectivity index (χ1n) is 4.07. The Kier molecular flexibility index (Phi) is 3.72. The van der Waals surface area contributed by atoms with Gasteiger partial charge in [-0.15, -0.1) is 0 Å². The van der Waals surface area contributed by atoms with E-state index in [-0.39, 0.29) is 12.3 Å². The molecule has 1 aromatic rings. The number of ketones is 1. The largest absolute Gasteiger partial charge is 0.292 e. The molecule has 0 aliphatic heterocycles. The molecule has 0 spiro atoms. The summed E-state index contributed by atoms with van der Waals surface area (Å²) in [4.78, 5) is 10.2. The van der Waals surface area contributed by atoms with Crippen LogP contribution in [0.15, 0.2) is 18.3 Å². The van der Waals surface area contributed by atoms with E-state index in [1.54, 1.807) is 16.8 Å². The van der Waals surface area contributed by atoms with E-state index in [0.717, 1.165) is 5.56 Å². The molecule has 0 aromatic carbocycles. The zero-order valence-corrected chi connectivity index (χ0v) is 9.22. The number of rotatable bonds is 3. The van der Waals surface area contributed by atoms with Crippen LogP contribution in [0.1, 0.15) is 5.56 Å². The van der Waals surface area contributed by atoms with Crippen molar-refractivity contribution in [2.75, 3.05) is 5.73 Å². The van der Waals surface area contributed by atoms with Crippen LogP contribution >= 0.6 is 23.2 Å². The summed E-state index contributed by atoms with van der Waals surface area (Å²) in [7, 11) is 0. The molecular formula is C9H11Cl2N2O+. The van der Waals surface area contributed by atoms with E-state index in [0.29, 0.717) is 5.82 Å². The molecule has 1 aromatic heterocycles. The van der Waals surface area contributed by atoms with Gasteiger partial charge in [0, 0.05) is 6.07 Å². The third-order valence-corrected chi connectivity index (χ3v) is 2.28. The lowest BCUT2D eigenvalue weighted by atomic mass is 10.3. The minimum absolute atomic E-state index is 0.101. The van der Waals surface area contributed by atoms with Gasteiger partial charge < -0.3 is 0 Å². The van der Waals surface area contributed by atoms with Crippen LogP contribution in [-0.4, -0.2) is 10.6 Å². The van der Waals surface area contributed by atoms with Gasteiger partial charge in [-0.05, 0) is 18.6 Å². The van der Waals surface area contributed by atoms with Crippen LogP contribution in [-0.2, 0) is 11.3 Å². The summed E-state index contributed by atoms with van der Waals surface area (Å²) in [6.45, 7) is 2.03. The number of aryl methyl sites for hydroxylation is 1. The molecule has 0 unspecified atom stereocenters. The minimum atomic E-state index is -0.997. The van der Waals surface area contributed by atoms with E-state index in [1.165, 1.54) is 0 Å². The average Bonchev–Trinajstić information content (AvgIpc) is 2.09. The number of alkyl halides is 2. The van der Waals surface area contributed by atoms with Gasteiger partial charge in [-0.2, -0.15) is 0 Å². The van der Waals surface area contributed by atoms with Crippen LogP contribution < -0.4 is 10.3 Å². The lowest BCUT2D eigenvalue weighted by Crippen LogP contribution is -2.41. The van der Waals surface area contributed by atoms with Crippen LogP contribution in [0, 0.1) is 6.92 Å². The highest BCUT2D eigenvalue weighted by atomic mass is 35.5. The smallest absolute Gasteiger partial charge is 0.272 e. The Morgan fingerprint density at radius 3 is 2.79 bits per heavy atom. The number of hydrogen-bond donors (Lipinski definition) is 1. The first kappa shape index (κ1) is 11.3. The number of aromatic nitrogens is 1. The summed E-state index contributed by atoms with van der Waals surface area (Å²) < 4.78 is 1.60. The summed E-state index contributed by atoms with van der Waals surface area (Å²) in [5, 5.41) is 0. The van der Waals surface area contributed by atoms with Gasteiger partial charge >= 0.3 is 0 Å². The predicted molar refractivity (Wildman–Crippen MR) is 56.3 cm³/mol. The van der Waals surface area contributed by atoms with Gasteiger partial charge in [-0.25, -0.2) is 4.57 Å². The molecule has 0 saturated carbocycles. The van der Waals surface area contributed by atoms with Gasteiger partial charge in [-0.3, -0.25) is 10.5 Å². The van der Waals surface area contributed by atoms with Crippen molar-refractivity contribution >= 4 is 34.8 Å². The van der Waals surface area contributed by atoms with Crippen LogP contribution in [0.4, 0.5) is 5.82 Å². The fraction of sp³-hybridized carbons (Fsp3) is 0.333. The van der Waals surface area contributed by atoms with Crippen molar-refractivity contribution in [3.63, 3.8) is 0 Å². The number of halogens is 2. The third kappa shape index (κ3) is 2.86. The lowest BCUT2D eigenvalue weighted by Gasteiger charge is -2.03. The van der Waals surface area contributed by atoms with E-state index in [1.807, 2.05) is 13.0 Å². The maximum atomic E-state index is 11.2. The molecule has 0 amide bonds. The number of nitrogens with zero attached hydrogens (tertiary/aromatic N) is 1. The highest BCUT2D eigenvalue weighted by Gasteiger charge is 2.16. The Labute approximate surface area is 92.4 Å². The maximum absolute atomic E-state index is 11.2.